The summed E-state index contributed by atoms with van der Waals surface area (Å²) in [5, 5.41) is 5.58. The Kier molecular flexibility index (Phi) is 6.23. The van der Waals surface area contributed by atoms with Crippen LogP contribution in [-0.2, 0) is 6.18 Å². The van der Waals surface area contributed by atoms with E-state index in [2.05, 4.69) is 20.6 Å². The molecule has 0 spiro atoms. The predicted octanol–water partition coefficient (Wildman–Crippen LogP) is 4.29. The van der Waals surface area contributed by atoms with Gasteiger partial charge in [0, 0.05) is 31.3 Å². The Balaban J connectivity index is 1.65. The first-order chi connectivity index (χ1) is 15.7. The minimum atomic E-state index is -4.95. The first-order valence-corrected chi connectivity index (χ1v) is 9.85. The summed E-state index contributed by atoms with van der Waals surface area (Å²) >= 11 is 0. The Morgan fingerprint density at radius 1 is 1.12 bits per heavy atom. The maximum absolute atomic E-state index is 14.2. The van der Waals surface area contributed by atoms with E-state index in [4.69, 9.17) is 4.74 Å². The third kappa shape index (κ3) is 4.92. The van der Waals surface area contributed by atoms with Crippen LogP contribution in [0.2, 0.25) is 0 Å². The van der Waals surface area contributed by atoms with Gasteiger partial charge in [0.05, 0.1) is 29.6 Å². The first-order valence-electron chi connectivity index (χ1n) is 9.85. The number of benzene rings is 1. The number of amides is 1. The zero-order valence-corrected chi connectivity index (χ0v) is 16.9. The maximum Gasteiger partial charge on any atom is 0.418 e. The number of halogens is 5. The Morgan fingerprint density at radius 3 is 2.48 bits per heavy atom. The Morgan fingerprint density at radius 2 is 1.85 bits per heavy atom. The van der Waals surface area contributed by atoms with E-state index in [1.165, 1.54) is 18.5 Å². The lowest BCUT2D eigenvalue weighted by molar-refractivity contribution is -0.137. The van der Waals surface area contributed by atoms with Crippen molar-refractivity contribution in [3.8, 4) is 17.0 Å². The third-order valence-corrected chi connectivity index (χ3v) is 5.00. The molecule has 0 bridgehead atoms. The number of carbonyl (C=O) groups is 1. The molecule has 0 unspecified atom stereocenters. The van der Waals surface area contributed by atoms with Crippen LogP contribution in [0.4, 0.5) is 27.6 Å². The Labute approximate surface area is 184 Å². The van der Waals surface area contributed by atoms with Crippen LogP contribution in [0.25, 0.3) is 11.3 Å². The van der Waals surface area contributed by atoms with Gasteiger partial charge < -0.3 is 15.4 Å². The number of alkyl halides is 3. The molecule has 2 aromatic heterocycles. The zero-order valence-electron chi connectivity index (χ0n) is 16.9. The van der Waals surface area contributed by atoms with E-state index in [-0.39, 0.29) is 5.69 Å². The number of hydrogen-bond acceptors (Lipinski definition) is 5. The van der Waals surface area contributed by atoms with Gasteiger partial charge in [-0.25, -0.2) is 13.8 Å². The second-order valence-corrected chi connectivity index (χ2v) is 7.35. The number of aromatic nitrogens is 2. The highest BCUT2D eigenvalue weighted by atomic mass is 19.4. The van der Waals surface area contributed by atoms with Crippen LogP contribution >= 0.6 is 0 Å². The number of rotatable bonds is 6. The Hall–Kier alpha value is -3.60. The smallest absolute Gasteiger partial charge is 0.418 e. The van der Waals surface area contributed by atoms with Crippen molar-refractivity contribution in [2.45, 2.75) is 6.18 Å². The highest BCUT2D eigenvalue weighted by molar-refractivity contribution is 6.04. The van der Waals surface area contributed by atoms with Crippen molar-refractivity contribution in [2.75, 3.05) is 25.0 Å². The molecule has 1 aliphatic heterocycles. The normalized spacial score (nSPS) is 14.0. The molecule has 6 nitrogen and oxygen atoms in total. The Bertz CT molecular complexity index is 1160. The number of anilines is 1. The molecule has 3 heterocycles. The zero-order chi connectivity index (χ0) is 23.6. The number of carbonyl (C=O) groups excluding carboxylic acids is 1. The number of nitrogens with one attached hydrogen (secondary N) is 2. The molecule has 1 aliphatic rings. The number of nitrogens with zero attached hydrogens (tertiary/aromatic N) is 2. The fourth-order valence-electron chi connectivity index (χ4n) is 3.19. The molecule has 172 valence electrons. The quantitative estimate of drug-likeness (QED) is 0.533. The van der Waals surface area contributed by atoms with Crippen LogP contribution in [-0.4, -0.2) is 35.6 Å². The summed E-state index contributed by atoms with van der Waals surface area (Å²) in [7, 11) is 0. The van der Waals surface area contributed by atoms with Gasteiger partial charge in [0.25, 0.3) is 5.91 Å². The molecule has 1 fully saturated rings. The van der Waals surface area contributed by atoms with Crippen molar-refractivity contribution >= 4 is 11.6 Å². The van der Waals surface area contributed by atoms with E-state index in [0.29, 0.717) is 24.3 Å². The molecule has 2 N–H and O–H groups in total. The summed E-state index contributed by atoms with van der Waals surface area (Å²) in [6.45, 7) is 2.00. The third-order valence-electron chi connectivity index (χ3n) is 5.00. The van der Waals surface area contributed by atoms with Gasteiger partial charge in [-0.2, -0.15) is 13.2 Å². The van der Waals surface area contributed by atoms with Crippen molar-refractivity contribution < 1.29 is 31.5 Å². The van der Waals surface area contributed by atoms with E-state index in [9.17, 15) is 26.7 Å². The maximum atomic E-state index is 14.2. The van der Waals surface area contributed by atoms with Gasteiger partial charge in [-0.1, -0.05) is 6.07 Å². The topological polar surface area (TPSA) is 76.1 Å². The van der Waals surface area contributed by atoms with Crippen molar-refractivity contribution in [3.63, 3.8) is 0 Å². The average molecular weight is 464 g/mol. The van der Waals surface area contributed by atoms with Crippen LogP contribution in [0.5, 0.6) is 5.75 Å². The van der Waals surface area contributed by atoms with Gasteiger partial charge in [-0.15, -0.1) is 0 Å². The number of ether oxygens (including phenoxy) is 1. The van der Waals surface area contributed by atoms with E-state index >= 15 is 0 Å². The van der Waals surface area contributed by atoms with E-state index in [0.717, 1.165) is 37.4 Å². The molecule has 1 aromatic carbocycles. The lowest BCUT2D eigenvalue weighted by Crippen LogP contribution is -2.45. The molecule has 1 amide bonds. The van der Waals surface area contributed by atoms with Crippen LogP contribution in [0.1, 0.15) is 16.1 Å². The molecule has 11 heteroatoms. The molecule has 1 saturated heterocycles. The number of pyridine rings is 2. The van der Waals surface area contributed by atoms with E-state index in [1.54, 1.807) is 0 Å². The van der Waals surface area contributed by atoms with Crippen molar-refractivity contribution in [1.29, 1.82) is 0 Å². The van der Waals surface area contributed by atoms with Gasteiger partial charge in [0.15, 0.2) is 0 Å². The monoisotopic (exact) mass is 464 g/mol. The molecule has 4 rings (SSSR count). The van der Waals surface area contributed by atoms with Gasteiger partial charge in [0.1, 0.15) is 28.8 Å². The largest absolute Gasteiger partial charge is 0.491 e. The molecule has 0 atom stereocenters. The average Bonchev–Trinajstić information content (AvgIpc) is 2.73. The molecule has 0 saturated carbocycles. The minimum Gasteiger partial charge on any atom is -0.491 e. The lowest BCUT2D eigenvalue weighted by Gasteiger charge is -2.27. The van der Waals surface area contributed by atoms with Crippen molar-refractivity contribution in [2.24, 2.45) is 5.92 Å². The minimum absolute atomic E-state index is 0.176. The van der Waals surface area contributed by atoms with Gasteiger partial charge in [-0.05, 0) is 24.3 Å². The summed E-state index contributed by atoms with van der Waals surface area (Å²) in [4.78, 5) is 20.3. The molecular formula is C22H17F5N4O2. The lowest BCUT2D eigenvalue weighted by atomic mass is 10.0. The molecular weight excluding hydrogens is 447 g/mol. The van der Waals surface area contributed by atoms with Crippen molar-refractivity contribution in [3.05, 3.63) is 71.7 Å². The van der Waals surface area contributed by atoms with Gasteiger partial charge in [-0.3, -0.25) is 9.78 Å². The highest BCUT2D eigenvalue weighted by Crippen LogP contribution is 2.38. The summed E-state index contributed by atoms with van der Waals surface area (Å²) < 4.78 is 74.7. The molecule has 0 radical (unpaired) electrons. The SMILES string of the molecule is O=C(Nc1cnccc1OCC1CNC1)c1ccc(C(F)(F)F)c(-c2c(F)cccc2F)n1. The predicted molar refractivity (Wildman–Crippen MR) is 109 cm³/mol. The molecule has 33 heavy (non-hydrogen) atoms. The molecule has 0 aliphatic carbocycles. The molecule has 3 aromatic rings. The fourth-order valence-corrected chi connectivity index (χ4v) is 3.19. The summed E-state index contributed by atoms with van der Waals surface area (Å²) in [6, 6.07) is 5.56. The summed E-state index contributed by atoms with van der Waals surface area (Å²) in [6.07, 6.45) is -2.18. The van der Waals surface area contributed by atoms with Crippen LogP contribution in [0.3, 0.4) is 0 Å². The number of hydrogen-bond donors (Lipinski definition) is 2. The summed E-state index contributed by atoms with van der Waals surface area (Å²) in [5.41, 5.74) is -3.67. The summed E-state index contributed by atoms with van der Waals surface area (Å²) in [5.74, 6) is -2.74. The van der Waals surface area contributed by atoms with Crippen LogP contribution in [0.15, 0.2) is 48.8 Å². The first kappa shape index (κ1) is 22.6. The van der Waals surface area contributed by atoms with E-state index < -0.39 is 46.2 Å². The fraction of sp³-hybridized carbons (Fsp3) is 0.227. The second-order valence-electron chi connectivity index (χ2n) is 7.35. The van der Waals surface area contributed by atoms with Gasteiger partial charge in [0.2, 0.25) is 0 Å². The standard InChI is InChI=1S/C22H17F5N4O2/c23-14-2-1-3-15(24)19(14)20-13(22(25,26)27)4-5-16(30-20)21(32)31-17-10-28-7-6-18(17)33-11-12-8-29-9-12/h1-7,10,12,29H,8-9,11H2,(H,31,32). The second kappa shape index (κ2) is 9.10. The van der Waals surface area contributed by atoms with E-state index in [1.807, 2.05) is 0 Å². The highest BCUT2D eigenvalue weighted by Gasteiger charge is 2.36. The van der Waals surface area contributed by atoms with Crippen LogP contribution in [0, 0.1) is 17.6 Å². The van der Waals surface area contributed by atoms with Crippen LogP contribution < -0.4 is 15.4 Å². The van der Waals surface area contributed by atoms with Gasteiger partial charge >= 0.3 is 6.18 Å². The van der Waals surface area contributed by atoms with Crippen molar-refractivity contribution in [1.82, 2.24) is 15.3 Å².